The highest BCUT2D eigenvalue weighted by Gasteiger charge is 2.33. The molecular formula is C14H10F3N5O2. The number of nitrogens with one attached hydrogen (secondary N) is 2. The number of fused-ring (bicyclic) bond motifs is 1. The van der Waals surface area contributed by atoms with Crippen LogP contribution >= 0.6 is 0 Å². The summed E-state index contributed by atoms with van der Waals surface area (Å²) in [6.45, 7) is -0.227. The lowest BCUT2D eigenvalue weighted by molar-refractivity contribution is -0.138. The average molecular weight is 337 g/mol. The first-order chi connectivity index (χ1) is 11.4. The van der Waals surface area contributed by atoms with Crippen molar-refractivity contribution in [3.8, 4) is 0 Å². The minimum atomic E-state index is -4.52. The molecule has 0 saturated carbocycles. The summed E-state index contributed by atoms with van der Waals surface area (Å²) >= 11 is 0. The van der Waals surface area contributed by atoms with Crippen LogP contribution in [0.4, 0.5) is 19.0 Å². The third-order valence-corrected chi connectivity index (χ3v) is 3.27. The zero-order chi connectivity index (χ0) is 17.3. The number of carboxylic acid groups (broad SMARTS) is 1. The van der Waals surface area contributed by atoms with Crippen LogP contribution in [0.2, 0.25) is 0 Å². The van der Waals surface area contributed by atoms with Crippen LogP contribution in [0.1, 0.15) is 21.7 Å². The lowest BCUT2D eigenvalue weighted by Gasteiger charge is -2.12. The molecule has 0 fully saturated rings. The Balaban J connectivity index is 1.91. The van der Waals surface area contributed by atoms with Gasteiger partial charge in [0.1, 0.15) is 23.5 Å². The van der Waals surface area contributed by atoms with Crippen molar-refractivity contribution in [1.29, 1.82) is 0 Å². The fourth-order valence-electron chi connectivity index (χ4n) is 2.20. The van der Waals surface area contributed by atoms with E-state index in [9.17, 15) is 18.0 Å². The molecule has 0 aromatic carbocycles. The van der Waals surface area contributed by atoms with Gasteiger partial charge in [0.25, 0.3) is 0 Å². The maximum absolute atomic E-state index is 13.0. The van der Waals surface area contributed by atoms with E-state index in [2.05, 4.69) is 25.3 Å². The Labute approximate surface area is 132 Å². The number of pyridine rings is 1. The molecule has 0 aliphatic rings. The highest BCUT2D eigenvalue weighted by atomic mass is 19.4. The van der Waals surface area contributed by atoms with E-state index in [4.69, 9.17) is 5.11 Å². The summed E-state index contributed by atoms with van der Waals surface area (Å²) in [5.74, 6) is -0.967. The predicted octanol–water partition coefficient (Wildman–Crippen LogP) is 2.68. The van der Waals surface area contributed by atoms with Crippen molar-refractivity contribution in [3.63, 3.8) is 0 Å². The van der Waals surface area contributed by atoms with Gasteiger partial charge in [-0.25, -0.2) is 14.8 Å². The summed E-state index contributed by atoms with van der Waals surface area (Å²) in [5.41, 5.74) is -0.863. The lowest BCUT2D eigenvalue weighted by atomic mass is 10.2. The van der Waals surface area contributed by atoms with E-state index in [1.54, 1.807) is 0 Å². The quantitative estimate of drug-likeness (QED) is 0.676. The van der Waals surface area contributed by atoms with Crippen molar-refractivity contribution < 1.29 is 23.1 Å². The minimum Gasteiger partial charge on any atom is -0.477 e. The normalized spacial score (nSPS) is 11.6. The minimum absolute atomic E-state index is 0.0950. The number of anilines is 1. The molecule has 124 valence electrons. The summed E-state index contributed by atoms with van der Waals surface area (Å²) in [6.07, 6.45) is -2.08. The number of hydrogen-bond donors (Lipinski definition) is 3. The number of carboxylic acids is 1. The first kappa shape index (κ1) is 15.7. The molecule has 0 bridgehead atoms. The van der Waals surface area contributed by atoms with Gasteiger partial charge in [-0.3, -0.25) is 4.98 Å². The zero-order valence-electron chi connectivity index (χ0n) is 11.9. The second kappa shape index (κ2) is 5.80. The number of aromatic carboxylic acids is 1. The predicted molar refractivity (Wildman–Crippen MR) is 77.4 cm³/mol. The third kappa shape index (κ3) is 2.98. The Kier molecular flexibility index (Phi) is 3.80. The van der Waals surface area contributed by atoms with Crippen molar-refractivity contribution in [2.75, 3.05) is 5.32 Å². The Bertz CT molecular complexity index is 907. The molecular weight excluding hydrogens is 327 g/mol. The molecule has 0 aliphatic heterocycles. The highest BCUT2D eigenvalue weighted by molar-refractivity contribution is 5.96. The van der Waals surface area contributed by atoms with E-state index in [1.165, 1.54) is 24.7 Å². The van der Waals surface area contributed by atoms with Crippen molar-refractivity contribution in [1.82, 2.24) is 19.9 Å². The van der Waals surface area contributed by atoms with Gasteiger partial charge in [0.2, 0.25) is 0 Å². The number of nitrogens with zero attached hydrogens (tertiary/aromatic N) is 3. The second-order valence-electron chi connectivity index (χ2n) is 4.82. The van der Waals surface area contributed by atoms with E-state index >= 15 is 0 Å². The van der Waals surface area contributed by atoms with Gasteiger partial charge in [-0.05, 0) is 18.2 Å². The summed E-state index contributed by atoms with van der Waals surface area (Å²) in [4.78, 5) is 25.1. The Hall–Kier alpha value is -3.17. The van der Waals surface area contributed by atoms with Crippen LogP contribution in [0.5, 0.6) is 0 Å². The zero-order valence-corrected chi connectivity index (χ0v) is 11.9. The molecule has 0 spiro atoms. The number of aromatic nitrogens is 4. The van der Waals surface area contributed by atoms with Gasteiger partial charge < -0.3 is 15.4 Å². The number of carbonyl (C=O) groups is 1. The van der Waals surface area contributed by atoms with E-state index in [-0.39, 0.29) is 29.4 Å². The highest BCUT2D eigenvalue weighted by Crippen LogP contribution is 2.31. The summed E-state index contributed by atoms with van der Waals surface area (Å²) in [7, 11) is 0. The van der Waals surface area contributed by atoms with Crippen LogP contribution in [0.3, 0.4) is 0 Å². The number of alkyl halides is 3. The molecule has 3 heterocycles. The molecule has 3 rings (SSSR count). The molecule has 0 radical (unpaired) electrons. The molecule has 3 aromatic heterocycles. The van der Waals surface area contributed by atoms with Crippen molar-refractivity contribution in [2.24, 2.45) is 0 Å². The van der Waals surface area contributed by atoms with Crippen LogP contribution in [0.25, 0.3) is 11.0 Å². The van der Waals surface area contributed by atoms with Gasteiger partial charge in [-0.15, -0.1) is 0 Å². The first-order valence-electron chi connectivity index (χ1n) is 6.68. The lowest BCUT2D eigenvalue weighted by Crippen LogP contribution is -2.13. The summed E-state index contributed by atoms with van der Waals surface area (Å²) < 4.78 is 38.9. The first-order valence-corrected chi connectivity index (χ1v) is 6.68. The molecule has 3 aromatic rings. The Morgan fingerprint density at radius 1 is 1.29 bits per heavy atom. The number of halogens is 3. The van der Waals surface area contributed by atoms with Gasteiger partial charge >= 0.3 is 12.1 Å². The van der Waals surface area contributed by atoms with Crippen LogP contribution in [0.15, 0.2) is 30.7 Å². The fourth-order valence-corrected chi connectivity index (χ4v) is 2.20. The number of aromatic amines is 1. The molecule has 3 N–H and O–H groups in total. The topological polar surface area (TPSA) is 104 Å². The standard InChI is InChI=1S/C14H10F3N5O2/c15-14(16,17)8-2-1-3-18-10(8)5-19-11-7-4-9(13(23)24)22-12(7)21-6-20-11/h1-4,6H,5H2,(H,23,24)(H2,19,20,21,22). The van der Waals surface area contributed by atoms with E-state index < -0.39 is 17.7 Å². The molecule has 10 heteroatoms. The second-order valence-corrected chi connectivity index (χ2v) is 4.82. The summed E-state index contributed by atoms with van der Waals surface area (Å²) in [5, 5.41) is 12.1. The van der Waals surface area contributed by atoms with Crippen molar-refractivity contribution in [3.05, 3.63) is 47.7 Å². The van der Waals surface area contributed by atoms with Gasteiger partial charge in [0.15, 0.2) is 0 Å². The van der Waals surface area contributed by atoms with Crippen molar-refractivity contribution in [2.45, 2.75) is 12.7 Å². The molecule has 7 nitrogen and oxygen atoms in total. The fraction of sp³-hybridized carbons (Fsp3) is 0.143. The van der Waals surface area contributed by atoms with Crippen LogP contribution < -0.4 is 5.32 Å². The number of hydrogen-bond acceptors (Lipinski definition) is 5. The Morgan fingerprint density at radius 3 is 2.79 bits per heavy atom. The van der Waals surface area contributed by atoms with Gasteiger partial charge in [0.05, 0.1) is 23.2 Å². The largest absolute Gasteiger partial charge is 0.477 e. The monoisotopic (exact) mass is 337 g/mol. The SMILES string of the molecule is O=C(O)c1cc2c(NCc3ncccc3C(F)(F)F)ncnc2[nH]1. The van der Waals surface area contributed by atoms with E-state index in [0.717, 1.165) is 6.07 Å². The molecule has 0 aliphatic carbocycles. The summed E-state index contributed by atoms with van der Waals surface area (Å²) in [6, 6.07) is 3.46. The average Bonchev–Trinajstić information content (AvgIpc) is 2.97. The van der Waals surface area contributed by atoms with Gasteiger partial charge in [-0.1, -0.05) is 0 Å². The molecule has 0 saturated heterocycles. The molecule has 0 unspecified atom stereocenters. The van der Waals surface area contributed by atoms with E-state index in [1.807, 2.05) is 0 Å². The molecule has 0 atom stereocenters. The maximum atomic E-state index is 13.0. The number of rotatable bonds is 4. The van der Waals surface area contributed by atoms with Gasteiger partial charge in [-0.2, -0.15) is 13.2 Å². The Morgan fingerprint density at radius 2 is 2.08 bits per heavy atom. The molecule has 24 heavy (non-hydrogen) atoms. The van der Waals surface area contributed by atoms with Crippen LogP contribution in [-0.2, 0) is 12.7 Å². The number of H-pyrrole nitrogens is 1. The van der Waals surface area contributed by atoms with Gasteiger partial charge in [0, 0.05) is 6.20 Å². The molecule has 0 amide bonds. The van der Waals surface area contributed by atoms with Crippen LogP contribution in [-0.4, -0.2) is 31.0 Å². The third-order valence-electron chi connectivity index (χ3n) is 3.27. The van der Waals surface area contributed by atoms with Crippen molar-refractivity contribution >= 4 is 22.8 Å². The smallest absolute Gasteiger partial charge is 0.418 e. The maximum Gasteiger partial charge on any atom is 0.418 e. The van der Waals surface area contributed by atoms with Crippen LogP contribution in [0, 0.1) is 0 Å². The van der Waals surface area contributed by atoms with E-state index in [0.29, 0.717) is 5.39 Å².